The fraction of sp³-hybridized carbons (Fsp3) is 0.308. The SMILES string of the molecule is C=CCN(CC(=O)O)C(=O)N(C)Cc1ccccn1. The van der Waals surface area contributed by atoms with Crippen LogP contribution in [-0.2, 0) is 11.3 Å². The lowest BCUT2D eigenvalue weighted by atomic mass is 10.3. The number of carboxylic acids is 1. The van der Waals surface area contributed by atoms with Crippen molar-refractivity contribution in [2.45, 2.75) is 6.54 Å². The number of amides is 2. The minimum Gasteiger partial charge on any atom is -0.480 e. The van der Waals surface area contributed by atoms with Gasteiger partial charge in [0.25, 0.3) is 0 Å². The molecule has 0 aliphatic carbocycles. The third kappa shape index (κ3) is 4.79. The van der Waals surface area contributed by atoms with Crippen molar-refractivity contribution < 1.29 is 14.7 Å². The van der Waals surface area contributed by atoms with Gasteiger partial charge in [0.15, 0.2) is 0 Å². The fourth-order valence-corrected chi connectivity index (χ4v) is 1.57. The van der Waals surface area contributed by atoms with Crippen LogP contribution in [0.3, 0.4) is 0 Å². The molecule has 0 aliphatic heterocycles. The summed E-state index contributed by atoms with van der Waals surface area (Å²) in [4.78, 5) is 29.5. The van der Waals surface area contributed by atoms with E-state index in [0.29, 0.717) is 6.54 Å². The van der Waals surface area contributed by atoms with E-state index in [0.717, 1.165) is 5.69 Å². The molecular formula is C13H17N3O3. The van der Waals surface area contributed by atoms with Crippen LogP contribution < -0.4 is 0 Å². The van der Waals surface area contributed by atoms with E-state index < -0.39 is 5.97 Å². The maximum Gasteiger partial charge on any atom is 0.323 e. The molecule has 1 aromatic rings. The highest BCUT2D eigenvalue weighted by Crippen LogP contribution is 2.03. The van der Waals surface area contributed by atoms with E-state index in [1.54, 1.807) is 25.4 Å². The Morgan fingerprint density at radius 1 is 1.47 bits per heavy atom. The number of nitrogens with zero attached hydrogens (tertiary/aromatic N) is 3. The van der Waals surface area contributed by atoms with Crippen molar-refractivity contribution >= 4 is 12.0 Å². The van der Waals surface area contributed by atoms with Crippen LogP contribution in [0.25, 0.3) is 0 Å². The first kappa shape index (κ1) is 14.7. The maximum atomic E-state index is 12.1. The lowest BCUT2D eigenvalue weighted by Gasteiger charge is -2.25. The molecule has 2 amide bonds. The Bertz CT molecular complexity index is 448. The molecular weight excluding hydrogens is 246 g/mol. The van der Waals surface area contributed by atoms with Crippen molar-refractivity contribution in [3.63, 3.8) is 0 Å². The molecule has 1 heterocycles. The van der Waals surface area contributed by atoms with Gasteiger partial charge in [-0.2, -0.15) is 0 Å². The summed E-state index contributed by atoms with van der Waals surface area (Å²) in [6, 6.07) is 5.06. The van der Waals surface area contributed by atoms with Gasteiger partial charge in [-0.25, -0.2) is 4.79 Å². The topological polar surface area (TPSA) is 73.7 Å². The van der Waals surface area contributed by atoms with Gasteiger partial charge in [0.1, 0.15) is 6.54 Å². The minimum absolute atomic E-state index is 0.192. The molecule has 0 saturated carbocycles. The molecule has 19 heavy (non-hydrogen) atoms. The van der Waals surface area contributed by atoms with E-state index in [2.05, 4.69) is 11.6 Å². The quantitative estimate of drug-likeness (QED) is 0.783. The Hall–Kier alpha value is -2.37. The van der Waals surface area contributed by atoms with Crippen molar-refractivity contribution in [3.8, 4) is 0 Å². The number of aliphatic carboxylic acids is 1. The molecule has 1 aromatic heterocycles. The highest BCUT2D eigenvalue weighted by molar-refractivity contribution is 5.80. The molecule has 0 fully saturated rings. The minimum atomic E-state index is -1.05. The van der Waals surface area contributed by atoms with Crippen molar-refractivity contribution in [3.05, 3.63) is 42.7 Å². The molecule has 0 spiro atoms. The average Bonchev–Trinajstić information content (AvgIpc) is 2.38. The molecule has 1 rings (SSSR count). The summed E-state index contributed by atoms with van der Waals surface area (Å²) in [5, 5.41) is 8.77. The highest BCUT2D eigenvalue weighted by atomic mass is 16.4. The molecule has 0 radical (unpaired) electrons. The molecule has 102 valence electrons. The Labute approximate surface area is 112 Å². The summed E-state index contributed by atoms with van der Waals surface area (Å²) >= 11 is 0. The van der Waals surface area contributed by atoms with Crippen molar-refractivity contribution in [1.82, 2.24) is 14.8 Å². The van der Waals surface area contributed by atoms with E-state index in [1.807, 2.05) is 6.07 Å². The normalized spacial score (nSPS) is 9.74. The number of aromatic nitrogens is 1. The first-order valence-corrected chi connectivity index (χ1v) is 5.77. The summed E-state index contributed by atoms with van der Waals surface area (Å²) in [5.74, 6) is -1.05. The van der Waals surface area contributed by atoms with Crippen LogP contribution in [0, 0.1) is 0 Å². The van der Waals surface area contributed by atoms with E-state index >= 15 is 0 Å². The lowest BCUT2D eigenvalue weighted by Crippen LogP contribution is -2.43. The first-order valence-electron chi connectivity index (χ1n) is 5.77. The molecule has 0 atom stereocenters. The zero-order chi connectivity index (χ0) is 14.3. The molecule has 0 aromatic carbocycles. The molecule has 1 N–H and O–H groups in total. The van der Waals surface area contributed by atoms with Gasteiger partial charge in [-0.1, -0.05) is 12.1 Å². The number of pyridine rings is 1. The molecule has 0 saturated heterocycles. The van der Waals surface area contributed by atoms with Crippen LogP contribution in [0.1, 0.15) is 5.69 Å². The number of hydrogen-bond acceptors (Lipinski definition) is 3. The van der Waals surface area contributed by atoms with E-state index in [-0.39, 0.29) is 19.1 Å². The van der Waals surface area contributed by atoms with E-state index in [1.165, 1.54) is 15.9 Å². The second-order valence-corrected chi connectivity index (χ2v) is 4.02. The van der Waals surface area contributed by atoms with E-state index in [4.69, 9.17) is 5.11 Å². The summed E-state index contributed by atoms with van der Waals surface area (Å²) < 4.78 is 0. The van der Waals surface area contributed by atoms with Crippen molar-refractivity contribution in [1.29, 1.82) is 0 Å². The lowest BCUT2D eigenvalue weighted by molar-refractivity contribution is -0.137. The Morgan fingerprint density at radius 2 is 2.21 bits per heavy atom. The highest BCUT2D eigenvalue weighted by Gasteiger charge is 2.19. The number of carbonyl (C=O) groups is 2. The van der Waals surface area contributed by atoms with Gasteiger partial charge >= 0.3 is 12.0 Å². The second-order valence-electron chi connectivity index (χ2n) is 4.02. The Balaban J connectivity index is 2.67. The van der Waals surface area contributed by atoms with Crippen LogP contribution >= 0.6 is 0 Å². The number of hydrogen-bond donors (Lipinski definition) is 1. The third-order valence-electron chi connectivity index (χ3n) is 2.40. The van der Waals surface area contributed by atoms with E-state index in [9.17, 15) is 9.59 Å². The number of urea groups is 1. The van der Waals surface area contributed by atoms with Crippen LogP contribution in [0.15, 0.2) is 37.1 Å². The number of carboxylic acid groups (broad SMARTS) is 1. The van der Waals surface area contributed by atoms with Crippen LogP contribution in [0.4, 0.5) is 4.79 Å². The summed E-state index contributed by atoms with van der Waals surface area (Å²) in [6.45, 7) is 3.68. The van der Waals surface area contributed by atoms with Crippen LogP contribution in [0.5, 0.6) is 0 Å². The van der Waals surface area contributed by atoms with Gasteiger partial charge in [-0.05, 0) is 12.1 Å². The van der Waals surface area contributed by atoms with Gasteiger partial charge in [0.05, 0.1) is 12.2 Å². The molecule has 6 heteroatoms. The number of rotatable bonds is 6. The summed E-state index contributed by atoms with van der Waals surface area (Å²) in [5.41, 5.74) is 0.743. The fourth-order valence-electron chi connectivity index (χ4n) is 1.57. The van der Waals surface area contributed by atoms with Gasteiger partial charge in [-0.3, -0.25) is 9.78 Å². The van der Waals surface area contributed by atoms with Crippen LogP contribution in [-0.4, -0.2) is 52.0 Å². The standard InChI is InChI=1S/C13H17N3O3/c1-3-8-16(10-12(17)18)13(19)15(2)9-11-6-4-5-7-14-11/h3-7H,1,8-10H2,2H3,(H,17,18). The van der Waals surface area contributed by atoms with Gasteiger partial charge in [0.2, 0.25) is 0 Å². The van der Waals surface area contributed by atoms with Crippen molar-refractivity contribution in [2.24, 2.45) is 0 Å². The first-order chi connectivity index (χ1) is 9.04. The third-order valence-corrected chi connectivity index (χ3v) is 2.40. The predicted octanol–water partition coefficient (Wildman–Crippen LogP) is 1.21. The summed E-state index contributed by atoms with van der Waals surface area (Å²) in [6.07, 6.45) is 3.14. The monoisotopic (exact) mass is 263 g/mol. The van der Waals surface area contributed by atoms with Crippen LogP contribution in [0.2, 0.25) is 0 Å². The Kier molecular flexibility index (Phi) is 5.53. The predicted molar refractivity (Wildman–Crippen MR) is 70.5 cm³/mol. The molecule has 0 aliphatic rings. The Morgan fingerprint density at radius 3 is 2.74 bits per heavy atom. The molecule has 0 unspecified atom stereocenters. The summed E-state index contributed by atoms with van der Waals surface area (Å²) in [7, 11) is 1.61. The maximum absolute atomic E-state index is 12.1. The van der Waals surface area contributed by atoms with Gasteiger partial charge in [0, 0.05) is 19.8 Å². The second kappa shape index (κ2) is 7.15. The van der Waals surface area contributed by atoms with Gasteiger partial charge in [-0.15, -0.1) is 6.58 Å². The average molecular weight is 263 g/mol. The largest absolute Gasteiger partial charge is 0.480 e. The number of carbonyl (C=O) groups excluding carboxylic acids is 1. The molecule has 0 bridgehead atoms. The zero-order valence-electron chi connectivity index (χ0n) is 10.8. The smallest absolute Gasteiger partial charge is 0.323 e. The van der Waals surface area contributed by atoms with Gasteiger partial charge < -0.3 is 14.9 Å². The van der Waals surface area contributed by atoms with Crippen molar-refractivity contribution in [2.75, 3.05) is 20.1 Å². The molecule has 6 nitrogen and oxygen atoms in total. The zero-order valence-corrected chi connectivity index (χ0v) is 10.8.